The number of halogens is 1. The standard InChI is InChI=1S/C19H16ClN3O6S/c20-17-14(30-13-4-2-1-3-11(13)22(26)27)7-9-8-21-18-10(19(24)25)5-6-12(23(28)29)16(18)15(9)17/h1-6,9,14-15,17,21H,7-8H2,(H,24,25)/t9-,14-,15-,17+/m1/s1. The van der Waals surface area contributed by atoms with Crippen molar-refractivity contribution in [1.82, 2.24) is 0 Å². The third-order valence-electron chi connectivity index (χ3n) is 5.61. The van der Waals surface area contributed by atoms with Crippen molar-refractivity contribution in [1.29, 1.82) is 0 Å². The first-order chi connectivity index (χ1) is 14.3. The maximum absolute atomic E-state index is 11.6. The average Bonchev–Trinajstić information content (AvgIpc) is 3.02. The first-order valence-electron chi connectivity index (χ1n) is 9.12. The van der Waals surface area contributed by atoms with E-state index in [9.17, 15) is 30.1 Å². The lowest BCUT2D eigenvalue weighted by atomic mass is 9.82. The van der Waals surface area contributed by atoms with E-state index in [0.717, 1.165) is 0 Å². The summed E-state index contributed by atoms with van der Waals surface area (Å²) < 4.78 is 0. The van der Waals surface area contributed by atoms with E-state index in [4.69, 9.17) is 11.6 Å². The zero-order valence-electron chi connectivity index (χ0n) is 15.4. The molecule has 1 fully saturated rings. The fraction of sp³-hybridized carbons (Fsp3) is 0.316. The summed E-state index contributed by atoms with van der Waals surface area (Å²) in [5, 5.41) is 34.8. The van der Waals surface area contributed by atoms with E-state index >= 15 is 0 Å². The molecule has 4 atom stereocenters. The molecule has 0 amide bonds. The van der Waals surface area contributed by atoms with E-state index in [1.807, 2.05) is 0 Å². The van der Waals surface area contributed by atoms with Crippen LogP contribution >= 0.6 is 23.4 Å². The highest BCUT2D eigenvalue weighted by Crippen LogP contribution is 2.55. The summed E-state index contributed by atoms with van der Waals surface area (Å²) in [5.41, 5.74) is 0.326. The van der Waals surface area contributed by atoms with E-state index in [-0.39, 0.29) is 33.8 Å². The van der Waals surface area contributed by atoms with Crippen LogP contribution in [0.4, 0.5) is 17.1 Å². The summed E-state index contributed by atoms with van der Waals surface area (Å²) in [4.78, 5) is 34.1. The second kappa shape index (κ2) is 7.77. The molecule has 1 heterocycles. The number of anilines is 1. The number of carbonyl (C=O) groups is 1. The second-order valence-electron chi connectivity index (χ2n) is 7.21. The molecule has 0 radical (unpaired) electrons. The van der Waals surface area contributed by atoms with Crippen LogP contribution in [0.1, 0.15) is 28.3 Å². The van der Waals surface area contributed by atoms with Crippen molar-refractivity contribution < 1.29 is 19.7 Å². The minimum Gasteiger partial charge on any atom is -0.478 e. The largest absolute Gasteiger partial charge is 0.478 e. The van der Waals surface area contributed by atoms with Crippen LogP contribution in [0.25, 0.3) is 0 Å². The lowest BCUT2D eigenvalue weighted by molar-refractivity contribution is -0.387. The zero-order valence-corrected chi connectivity index (χ0v) is 16.9. The first kappa shape index (κ1) is 20.4. The lowest BCUT2D eigenvalue weighted by Gasteiger charge is -2.31. The maximum Gasteiger partial charge on any atom is 0.337 e. The molecule has 0 unspecified atom stereocenters. The van der Waals surface area contributed by atoms with Crippen molar-refractivity contribution in [2.24, 2.45) is 5.92 Å². The second-order valence-corrected chi connectivity index (χ2v) is 9.00. The summed E-state index contributed by atoms with van der Waals surface area (Å²) in [5.74, 6) is -1.66. The van der Waals surface area contributed by atoms with Gasteiger partial charge in [-0.1, -0.05) is 12.1 Å². The van der Waals surface area contributed by atoms with Gasteiger partial charge in [0, 0.05) is 29.8 Å². The maximum atomic E-state index is 11.6. The van der Waals surface area contributed by atoms with Gasteiger partial charge in [-0.2, -0.15) is 0 Å². The monoisotopic (exact) mass is 449 g/mol. The molecule has 156 valence electrons. The predicted octanol–water partition coefficient (Wildman–Crippen LogP) is 4.50. The van der Waals surface area contributed by atoms with Gasteiger partial charge in [-0.25, -0.2) is 4.79 Å². The van der Waals surface area contributed by atoms with Crippen LogP contribution in [0.15, 0.2) is 41.3 Å². The summed E-state index contributed by atoms with van der Waals surface area (Å²) in [6.07, 6.45) is 0.594. The van der Waals surface area contributed by atoms with Crippen molar-refractivity contribution in [3.8, 4) is 0 Å². The number of para-hydroxylation sites is 1. The number of carboxylic acid groups (broad SMARTS) is 1. The van der Waals surface area contributed by atoms with Gasteiger partial charge < -0.3 is 10.4 Å². The number of fused-ring (bicyclic) bond motifs is 3. The van der Waals surface area contributed by atoms with Crippen LogP contribution in [0.3, 0.4) is 0 Å². The molecule has 0 saturated heterocycles. The molecule has 4 rings (SSSR count). The number of nitrogens with one attached hydrogen (secondary N) is 1. The molecule has 2 aromatic carbocycles. The predicted molar refractivity (Wildman–Crippen MR) is 112 cm³/mol. The Kier molecular flexibility index (Phi) is 5.29. The van der Waals surface area contributed by atoms with Crippen LogP contribution in [0.5, 0.6) is 0 Å². The van der Waals surface area contributed by atoms with Gasteiger partial charge in [-0.05, 0) is 24.5 Å². The highest BCUT2D eigenvalue weighted by molar-refractivity contribution is 8.00. The normalized spacial score (nSPS) is 24.4. The number of benzene rings is 2. The Labute approximate surface area is 179 Å². The minimum atomic E-state index is -1.18. The van der Waals surface area contributed by atoms with Gasteiger partial charge in [-0.3, -0.25) is 20.2 Å². The number of nitro benzene ring substituents is 2. The van der Waals surface area contributed by atoms with Crippen molar-refractivity contribution in [2.45, 2.75) is 27.9 Å². The molecule has 11 heteroatoms. The number of thioether (sulfide) groups is 1. The van der Waals surface area contributed by atoms with E-state index < -0.39 is 27.1 Å². The molecular formula is C19H16ClN3O6S. The summed E-state index contributed by atoms with van der Waals surface area (Å²) in [7, 11) is 0. The van der Waals surface area contributed by atoms with Gasteiger partial charge in [0.15, 0.2) is 0 Å². The summed E-state index contributed by atoms with van der Waals surface area (Å²) in [6, 6.07) is 8.82. The minimum absolute atomic E-state index is 0.0149. The van der Waals surface area contributed by atoms with Crippen molar-refractivity contribution >= 4 is 46.4 Å². The summed E-state index contributed by atoms with van der Waals surface area (Å²) >= 11 is 8.07. The third kappa shape index (κ3) is 3.35. The first-order valence-corrected chi connectivity index (χ1v) is 10.4. The molecule has 2 aromatic rings. The summed E-state index contributed by atoms with van der Waals surface area (Å²) in [6.45, 7) is 0.427. The number of nitrogens with zero attached hydrogens (tertiary/aromatic N) is 2. The van der Waals surface area contributed by atoms with Crippen LogP contribution in [0, 0.1) is 26.1 Å². The van der Waals surface area contributed by atoms with Gasteiger partial charge in [0.05, 0.1) is 36.9 Å². The van der Waals surface area contributed by atoms with Gasteiger partial charge in [0.2, 0.25) is 0 Å². The lowest BCUT2D eigenvalue weighted by Crippen LogP contribution is -2.29. The van der Waals surface area contributed by atoms with Gasteiger partial charge in [0.25, 0.3) is 11.4 Å². The Hall–Kier alpha value is -2.85. The molecule has 0 spiro atoms. The number of nitro groups is 2. The Morgan fingerprint density at radius 1 is 1.13 bits per heavy atom. The van der Waals surface area contributed by atoms with Crippen molar-refractivity contribution in [3.05, 3.63) is 67.8 Å². The number of hydrogen-bond acceptors (Lipinski definition) is 7. The molecule has 1 saturated carbocycles. The molecule has 0 bridgehead atoms. The van der Waals surface area contributed by atoms with Crippen LogP contribution < -0.4 is 5.32 Å². The van der Waals surface area contributed by atoms with E-state index in [1.54, 1.807) is 18.2 Å². The molecule has 9 nitrogen and oxygen atoms in total. The molecule has 0 aromatic heterocycles. The average molecular weight is 450 g/mol. The number of aromatic carboxylic acids is 1. The van der Waals surface area contributed by atoms with Gasteiger partial charge in [0.1, 0.15) is 0 Å². The van der Waals surface area contributed by atoms with E-state index in [2.05, 4.69) is 5.32 Å². The van der Waals surface area contributed by atoms with Gasteiger partial charge >= 0.3 is 5.97 Å². The highest BCUT2D eigenvalue weighted by Gasteiger charge is 2.49. The van der Waals surface area contributed by atoms with Crippen molar-refractivity contribution in [3.63, 3.8) is 0 Å². The molecule has 30 heavy (non-hydrogen) atoms. The highest BCUT2D eigenvalue weighted by atomic mass is 35.5. The third-order valence-corrected chi connectivity index (χ3v) is 7.72. The van der Waals surface area contributed by atoms with Crippen LogP contribution in [-0.2, 0) is 0 Å². The molecule has 1 aliphatic heterocycles. The Morgan fingerprint density at radius 2 is 1.83 bits per heavy atom. The fourth-order valence-corrected chi connectivity index (χ4v) is 6.34. The number of hydrogen-bond donors (Lipinski definition) is 2. The number of rotatable bonds is 5. The zero-order chi connectivity index (χ0) is 21.6. The van der Waals surface area contributed by atoms with E-state index in [0.29, 0.717) is 23.4 Å². The van der Waals surface area contributed by atoms with Crippen LogP contribution in [-0.4, -0.2) is 38.1 Å². The Bertz CT molecular complexity index is 1060. The smallest absolute Gasteiger partial charge is 0.337 e. The molecule has 2 aliphatic rings. The Morgan fingerprint density at radius 3 is 2.50 bits per heavy atom. The molecular weight excluding hydrogens is 434 g/mol. The fourth-order valence-electron chi connectivity index (χ4n) is 4.36. The number of alkyl halides is 1. The van der Waals surface area contributed by atoms with Gasteiger partial charge in [-0.15, -0.1) is 23.4 Å². The molecule has 1 aliphatic carbocycles. The van der Waals surface area contributed by atoms with Crippen molar-refractivity contribution in [2.75, 3.05) is 11.9 Å². The molecule has 2 N–H and O–H groups in total. The quantitative estimate of drug-likeness (QED) is 0.387. The van der Waals surface area contributed by atoms with Crippen LogP contribution in [0.2, 0.25) is 0 Å². The Balaban J connectivity index is 1.73. The number of carboxylic acids is 1. The topological polar surface area (TPSA) is 136 Å². The SMILES string of the molecule is O=C(O)c1ccc([N+](=O)[O-])c2c1NC[C@H]1C[C@@H](Sc3ccccc3[N+](=O)[O-])[C@H](Cl)[C@@H]21. The van der Waals surface area contributed by atoms with E-state index in [1.165, 1.54) is 30.0 Å².